The Hall–Kier alpha value is -4.72. The monoisotopic (exact) mass is 652 g/mol. The lowest BCUT2D eigenvalue weighted by Gasteiger charge is -2.49. The molecular formula is C40H44O8. The van der Waals surface area contributed by atoms with Gasteiger partial charge in [0.2, 0.25) is 0 Å². The molecule has 4 atom stereocenters. The van der Waals surface area contributed by atoms with Gasteiger partial charge in [-0.3, -0.25) is 19.2 Å². The van der Waals surface area contributed by atoms with E-state index < -0.39 is 29.0 Å². The first-order valence-electron chi connectivity index (χ1n) is 17.0. The number of ketones is 4. The van der Waals surface area contributed by atoms with Crippen molar-refractivity contribution in [2.24, 2.45) is 17.3 Å². The summed E-state index contributed by atoms with van der Waals surface area (Å²) >= 11 is 0. The van der Waals surface area contributed by atoms with Crippen molar-refractivity contribution in [1.29, 1.82) is 0 Å². The van der Waals surface area contributed by atoms with Gasteiger partial charge in [-0.1, -0.05) is 45.9 Å². The topological polar surface area (TPSA) is 105 Å². The maximum absolute atomic E-state index is 14.5. The van der Waals surface area contributed by atoms with E-state index in [1.165, 1.54) is 24.3 Å². The SMILES string of the molecule is CCCOc1ccc(OCCC)c(/C=C/[C@@]23C(=O)C=CC(=O)[C@@H]2[C@@H]2C(=O)C=CC(=O)C2=C[C@@H]3c2cc(OCCC)ccc2OCCC)c1. The van der Waals surface area contributed by atoms with Crippen molar-refractivity contribution in [1.82, 2.24) is 0 Å². The predicted octanol–water partition coefficient (Wildman–Crippen LogP) is 7.21. The number of benzene rings is 2. The van der Waals surface area contributed by atoms with Gasteiger partial charge >= 0.3 is 0 Å². The van der Waals surface area contributed by atoms with Gasteiger partial charge in [0.1, 0.15) is 23.0 Å². The highest BCUT2D eigenvalue weighted by molar-refractivity contribution is 6.21. The normalized spacial score (nSPS) is 23.2. The predicted molar refractivity (Wildman–Crippen MR) is 184 cm³/mol. The number of hydrogen-bond donors (Lipinski definition) is 0. The van der Waals surface area contributed by atoms with Crippen LogP contribution in [0, 0.1) is 17.3 Å². The lowest BCUT2D eigenvalue weighted by Crippen LogP contribution is -2.55. The minimum Gasteiger partial charge on any atom is -0.494 e. The Bertz CT molecular complexity index is 1680. The summed E-state index contributed by atoms with van der Waals surface area (Å²) in [7, 11) is 0. The van der Waals surface area contributed by atoms with E-state index in [0.29, 0.717) is 60.6 Å². The third-order valence-corrected chi connectivity index (χ3v) is 8.87. The molecule has 8 heteroatoms. The van der Waals surface area contributed by atoms with Crippen LogP contribution < -0.4 is 18.9 Å². The van der Waals surface area contributed by atoms with Gasteiger partial charge in [-0.15, -0.1) is 0 Å². The maximum Gasteiger partial charge on any atom is 0.182 e. The van der Waals surface area contributed by atoms with Crippen LogP contribution in [0.3, 0.4) is 0 Å². The van der Waals surface area contributed by atoms with E-state index in [1.807, 2.05) is 58.0 Å². The highest BCUT2D eigenvalue weighted by Crippen LogP contribution is 2.58. The Labute approximate surface area is 282 Å². The summed E-state index contributed by atoms with van der Waals surface area (Å²) in [5.41, 5.74) is -0.133. The molecule has 2 aromatic carbocycles. The second-order valence-electron chi connectivity index (χ2n) is 12.3. The van der Waals surface area contributed by atoms with Crippen molar-refractivity contribution in [3.05, 3.63) is 89.6 Å². The molecule has 5 rings (SSSR count). The van der Waals surface area contributed by atoms with E-state index in [9.17, 15) is 19.2 Å². The molecule has 0 aromatic heterocycles. The molecule has 2 aromatic rings. The minimum atomic E-state index is -1.59. The lowest BCUT2D eigenvalue weighted by atomic mass is 9.49. The van der Waals surface area contributed by atoms with Crippen LogP contribution in [0.4, 0.5) is 0 Å². The van der Waals surface area contributed by atoms with Crippen LogP contribution >= 0.6 is 0 Å². The number of carbonyl (C=O) groups is 4. The molecule has 0 saturated heterocycles. The summed E-state index contributed by atoms with van der Waals surface area (Å²) in [6.45, 7) is 9.94. The van der Waals surface area contributed by atoms with Gasteiger partial charge in [-0.2, -0.15) is 0 Å². The Morgan fingerprint density at radius 1 is 0.667 bits per heavy atom. The number of fused-ring (bicyclic) bond motifs is 3. The molecule has 0 fully saturated rings. The molecular weight excluding hydrogens is 608 g/mol. The van der Waals surface area contributed by atoms with Gasteiger partial charge in [0.25, 0.3) is 0 Å². The molecule has 3 aliphatic carbocycles. The number of hydrogen-bond acceptors (Lipinski definition) is 8. The Kier molecular flexibility index (Phi) is 11.1. The zero-order valence-electron chi connectivity index (χ0n) is 28.2. The van der Waals surface area contributed by atoms with Crippen LogP contribution in [0.5, 0.6) is 23.0 Å². The number of ether oxygens (including phenoxy) is 4. The van der Waals surface area contributed by atoms with E-state index in [4.69, 9.17) is 18.9 Å². The molecule has 0 heterocycles. The van der Waals surface area contributed by atoms with Crippen molar-refractivity contribution >= 4 is 29.2 Å². The van der Waals surface area contributed by atoms with Crippen LogP contribution in [0.2, 0.25) is 0 Å². The van der Waals surface area contributed by atoms with E-state index >= 15 is 0 Å². The van der Waals surface area contributed by atoms with Gasteiger partial charge in [-0.05, 0) is 86.4 Å². The average Bonchev–Trinajstić information content (AvgIpc) is 3.10. The number of allylic oxidation sites excluding steroid dienone is 7. The van der Waals surface area contributed by atoms with E-state index in [-0.39, 0.29) is 22.9 Å². The van der Waals surface area contributed by atoms with Crippen LogP contribution in [0.15, 0.2) is 78.4 Å². The van der Waals surface area contributed by atoms with E-state index in [0.717, 1.165) is 25.7 Å². The fraction of sp³-hybridized carbons (Fsp3) is 0.400. The summed E-state index contributed by atoms with van der Waals surface area (Å²) in [6, 6.07) is 11.0. The van der Waals surface area contributed by atoms with Gasteiger partial charge in [0.05, 0.1) is 43.7 Å². The zero-order chi connectivity index (χ0) is 34.3. The van der Waals surface area contributed by atoms with Crippen molar-refractivity contribution in [3.8, 4) is 23.0 Å². The van der Waals surface area contributed by atoms with Crippen LogP contribution in [-0.2, 0) is 19.2 Å². The Morgan fingerprint density at radius 2 is 1.25 bits per heavy atom. The molecule has 0 spiro atoms. The molecule has 0 bridgehead atoms. The van der Waals surface area contributed by atoms with E-state index in [2.05, 4.69) is 0 Å². The molecule has 0 unspecified atom stereocenters. The summed E-state index contributed by atoms with van der Waals surface area (Å²) in [6.07, 6.45) is 13.3. The first-order chi connectivity index (χ1) is 23.3. The number of rotatable bonds is 15. The van der Waals surface area contributed by atoms with Crippen LogP contribution in [0.1, 0.15) is 70.4 Å². The summed E-state index contributed by atoms with van der Waals surface area (Å²) in [4.78, 5) is 55.6. The molecule has 0 radical (unpaired) electrons. The third kappa shape index (κ3) is 6.80. The van der Waals surface area contributed by atoms with Gasteiger partial charge < -0.3 is 18.9 Å². The van der Waals surface area contributed by atoms with Crippen LogP contribution in [-0.4, -0.2) is 49.6 Å². The second-order valence-corrected chi connectivity index (χ2v) is 12.3. The zero-order valence-corrected chi connectivity index (χ0v) is 28.2. The Balaban J connectivity index is 1.79. The van der Waals surface area contributed by atoms with Crippen LogP contribution in [0.25, 0.3) is 6.08 Å². The van der Waals surface area contributed by atoms with Gasteiger partial charge in [0, 0.05) is 22.6 Å². The largest absolute Gasteiger partial charge is 0.494 e. The summed E-state index contributed by atoms with van der Waals surface area (Å²) in [5, 5.41) is 0. The first kappa shape index (κ1) is 34.6. The second kappa shape index (κ2) is 15.5. The molecule has 8 nitrogen and oxygen atoms in total. The quantitative estimate of drug-likeness (QED) is 0.199. The lowest BCUT2D eigenvalue weighted by molar-refractivity contribution is -0.140. The molecule has 48 heavy (non-hydrogen) atoms. The maximum atomic E-state index is 14.5. The summed E-state index contributed by atoms with van der Waals surface area (Å²) < 4.78 is 24.2. The molecule has 3 aliphatic rings. The van der Waals surface area contributed by atoms with Gasteiger partial charge in [0.15, 0.2) is 23.1 Å². The highest BCUT2D eigenvalue weighted by Gasteiger charge is 2.61. The first-order valence-corrected chi connectivity index (χ1v) is 17.0. The molecule has 0 saturated carbocycles. The molecule has 0 aliphatic heterocycles. The summed E-state index contributed by atoms with van der Waals surface area (Å²) in [5.74, 6) is -2.33. The standard InChI is InChI=1S/C40H44O8/c1-5-19-45-27-9-14-35(47-21-7-3)26(23-27)17-18-40-31(29-24-28(46-20-6-2)10-15-36(29)48-22-8-4)25-30-32(41)11-12-33(42)38(30)39(40)34(43)13-16-37(40)44/h9-18,23-25,31,38-39H,5-8,19-22H2,1-4H3/b18-17+/t31-,38+,39-,40-/m1/s1. The van der Waals surface area contributed by atoms with Crippen molar-refractivity contribution in [3.63, 3.8) is 0 Å². The van der Waals surface area contributed by atoms with Gasteiger partial charge in [-0.25, -0.2) is 0 Å². The van der Waals surface area contributed by atoms with Crippen molar-refractivity contribution < 1.29 is 38.1 Å². The number of carbonyl (C=O) groups excluding carboxylic acids is 4. The molecule has 252 valence electrons. The fourth-order valence-corrected chi connectivity index (χ4v) is 6.69. The molecule has 0 N–H and O–H groups in total. The minimum absolute atomic E-state index is 0.209. The Morgan fingerprint density at radius 3 is 1.92 bits per heavy atom. The average molecular weight is 653 g/mol. The van der Waals surface area contributed by atoms with Crippen molar-refractivity contribution in [2.75, 3.05) is 26.4 Å². The molecule has 0 amide bonds. The fourth-order valence-electron chi connectivity index (χ4n) is 6.69. The third-order valence-electron chi connectivity index (χ3n) is 8.87. The van der Waals surface area contributed by atoms with E-state index in [1.54, 1.807) is 24.3 Å². The highest BCUT2D eigenvalue weighted by atomic mass is 16.5. The smallest absolute Gasteiger partial charge is 0.182 e. The van der Waals surface area contributed by atoms with Crippen molar-refractivity contribution in [2.45, 2.75) is 59.3 Å².